The molecule has 0 aliphatic rings. The molecular formula is C18H20N4OS. The fourth-order valence-electron chi connectivity index (χ4n) is 2.49. The lowest BCUT2D eigenvalue weighted by Crippen LogP contribution is -2.00. The molecule has 1 aromatic carbocycles. The zero-order chi connectivity index (χ0) is 16.9. The van der Waals surface area contributed by atoms with Gasteiger partial charge < -0.3 is 9.30 Å². The quantitative estimate of drug-likeness (QED) is 0.636. The monoisotopic (exact) mass is 340 g/mol. The van der Waals surface area contributed by atoms with Crippen molar-refractivity contribution in [1.29, 1.82) is 0 Å². The molecule has 3 rings (SSSR count). The van der Waals surface area contributed by atoms with Crippen molar-refractivity contribution in [1.82, 2.24) is 19.7 Å². The van der Waals surface area contributed by atoms with Crippen LogP contribution in [-0.2, 0) is 12.3 Å². The number of benzene rings is 1. The summed E-state index contributed by atoms with van der Waals surface area (Å²) in [5.74, 6) is 2.60. The number of rotatable bonds is 6. The second-order valence-electron chi connectivity index (χ2n) is 5.38. The number of thioether (sulfide) groups is 1. The molecular weight excluding hydrogens is 320 g/mol. The highest BCUT2D eigenvalue weighted by atomic mass is 32.2. The lowest BCUT2D eigenvalue weighted by molar-refractivity contribution is 0.411. The fourth-order valence-corrected chi connectivity index (χ4v) is 3.44. The molecule has 5 nitrogen and oxygen atoms in total. The Hall–Kier alpha value is -2.34. The molecule has 3 aromatic rings. The van der Waals surface area contributed by atoms with E-state index in [0.717, 1.165) is 40.2 Å². The topological polar surface area (TPSA) is 52.8 Å². The van der Waals surface area contributed by atoms with Crippen LogP contribution in [-0.4, -0.2) is 26.9 Å². The average molecular weight is 340 g/mol. The molecule has 0 amide bonds. The van der Waals surface area contributed by atoms with E-state index < -0.39 is 0 Å². The van der Waals surface area contributed by atoms with Gasteiger partial charge in [-0.05, 0) is 43.2 Å². The summed E-state index contributed by atoms with van der Waals surface area (Å²) in [5, 5.41) is 9.61. The molecule has 0 aliphatic heterocycles. The highest BCUT2D eigenvalue weighted by Crippen LogP contribution is 2.28. The van der Waals surface area contributed by atoms with E-state index in [1.807, 2.05) is 25.3 Å². The predicted molar refractivity (Wildman–Crippen MR) is 96.2 cm³/mol. The third kappa shape index (κ3) is 3.43. The van der Waals surface area contributed by atoms with Crippen LogP contribution in [0.5, 0.6) is 5.75 Å². The third-order valence-electron chi connectivity index (χ3n) is 3.79. The summed E-state index contributed by atoms with van der Waals surface area (Å²) in [6.07, 6.45) is 3.58. The van der Waals surface area contributed by atoms with Gasteiger partial charge in [-0.3, -0.25) is 4.98 Å². The number of nitrogens with zero attached hydrogens (tertiary/aromatic N) is 4. The van der Waals surface area contributed by atoms with Gasteiger partial charge in [0.1, 0.15) is 5.75 Å². The predicted octanol–water partition coefficient (Wildman–Crippen LogP) is 3.97. The number of pyridine rings is 1. The van der Waals surface area contributed by atoms with Gasteiger partial charge in [0.2, 0.25) is 0 Å². The van der Waals surface area contributed by atoms with E-state index >= 15 is 0 Å². The van der Waals surface area contributed by atoms with Gasteiger partial charge in [0.15, 0.2) is 11.0 Å². The Labute approximate surface area is 146 Å². The van der Waals surface area contributed by atoms with Crippen LogP contribution in [0, 0.1) is 6.92 Å². The molecule has 24 heavy (non-hydrogen) atoms. The van der Waals surface area contributed by atoms with Crippen molar-refractivity contribution in [3.63, 3.8) is 0 Å². The van der Waals surface area contributed by atoms with Gasteiger partial charge in [0.05, 0.1) is 7.11 Å². The molecule has 2 aromatic heterocycles. The second-order valence-corrected chi connectivity index (χ2v) is 6.33. The lowest BCUT2D eigenvalue weighted by Gasteiger charge is -2.09. The van der Waals surface area contributed by atoms with Gasteiger partial charge in [0.25, 0.3) is 0 Å². The van der Waals surface area contributed by atoms with Crippen LogP contribution in [0.4, 0.5) is 0 Å². The van der Waals surface area contributed by atoms with E-state index in [4.69, 9.17) is 4.74 Å². The van der Waals surface area contributed by atoms with Crippen LogP contribution in [0.3, 0.4) is 0 Å². The maximum absolute atomic E-state index is 5.40. The van der Waals surface area contributed by atoms with Gasteiger partial charge in [0, 0.05) is 30.3 Å². The minimum Gasteiger partial charge on any atom is -0.496 e. The highest BCUT2D eigenvalue weighted by molar-refractivity contribution is 7.98. The zero-order valence-electron chi connectivity index (χ0n) is 14.1. The standard InChI is InChI=1S/C18H20N4OS/c1-4-22-17(15-6-5-9-19-11-15)20-21-18(22)24-12-14-8-7-13(2)16(10-14)23-3/h5-11H,4,12H2,1-3H3. The van der Waals surface area contributed by atoms with E-state index in [1.54, 1.807) is 25.1 Å². The Balaban J connectivity index is 1.80. The molecule has 124 valence electrons. The average Bonchev–Trinajstić information content (AvgIpc) is 3.04. The Kier molecular flexibility index (Phi) is 5.15. The smallest absolute Gasteiger partial charge is 0.191 e. The van der Waals surface area contributed by atoms with Gasteiger partial charge in [-0.15, -0.1) is 10.2 Å². The van der Waals surface area contributed by atoms with Crippen LogP contribution < -0.4 is 4.74 Å². The van der Waals surface area contributed by atoms with Crippen LogP contribution >= 0.6 is 11.8 Å². The Morgan fingerprint density at radius 2 is 2.08 bits per heavy atom. The molecule has 0 aliphatic carbocycles. The first-order valence-electron chi connectivity index (χ1n) is 7.82. The third-order valence-corrected chi connectivity index (χ3v) is 4.83. The first kappa shape index (κ1) is 16.5. The summed E-state index contributed by atoms with van der Waals surface area (Å²) in [5.41, 5.74) is 3.33. The molecule has 0 fully saturated rings. The summed E-state index contributed by atoms with van der Waals surface area (Å²) in [6, 6.07) is 10.2. The molecule has 0 saturated carbocycles. The van der Waals surface area contributed by atoms with Gasteiger partial charge >= 0.3 is 0 Å². The number of aryl methyl sites for hydroxylation is 1. The summed E-state index contributed by atoms with van der Waals surface area (Å²) in [4.78, 5) is 4.16. The number of ether oxygens (including phenoxy) is 1. The molecule has 0 atom stereocenters. The molecule has 0 unspecified atom stereocenters. The van der Waals surface area contributed by atoms with Crippen molar-refractivity contribution in [3.05, 3.63) is 53.9 Å². The SMILES string of the molecule is CCn1c(SCc2ccc(C)c(OC)c2)nnc1-c1cccnc1. The minimum atomic E-state index is 0.816. The second kappa shape index (κ2) is 7.49. The van der Waals surface area contributed by atoms with E-state index in [0.29, 0.717) is 0 Å². The molecule has 0 N–H and O–H groups in total. The Bertz CT molecular complexity index is 817. The van der Waals surface area contributed by atoms with Gasteiger partial charge in [-0.25, -0.2) is 0 Å². The van der Waals surface area contributed by atoms with Gasteiger partial charge in [-0.2, -0.15) is 0 Å². The molecule has 6 heteroatoms. The summed E-state index contributed by atoms with van der Waals surface area (Å²) in [6.45, 7) is 4.96. The van der Waals surface area contributed by atoms with Crippen LogP contribution in [0.2, 0.25) is 0 Å². The van der Waals surface area contributed by atoms with Crippen molar-refractivity contribution in [2.75, 3.05) is 7.11 Å². The molecule has 0 saturated heterocycles. The normalized spacial score (nSPS) is 10.8. The molecule has 0 spiro atoms. The zero-order valence-corrected chi connectivity index (χ0v) is 14.9. The molecule has 0 bridgehead atoms. The Morgan fingerprint density at radius 1 is 1.21 bits per heavy atom. The van der Waals surface area contributed by atoms with Crippen molar-refractivity contribution in [2.45, 2.75) is 31.3 Å². The summed E-state index contributed by atoms with van der Waals surface area (Å²) >= 11 is 1.68. The van der Waals surface area contributed by atoms with E-state index in [9.17, 15) is 0 Å². The summed E-state index contributed by atoms with van der Waals surface area (Å²) < 4.78 is 7.51. The molecule has 2 heterocycles. The largest absolute Gasteiger partial charge is 0.496 e. The van der Waals surface area contributed by atoms with Gasteiger partial charge in [-0.1, -0.05) is 23.9 Å². The van der Waals surface area contributed by atoms with E-state index in [-0.39, 0.29) is 0 Å². The number of hydrogen-bond acceptors (Lipinski definition) is 5. The lowest BCUT2D eigenvalue weighted by atomic mass is 10.1. The van der Waals surface area contributed by atoms with Crippen molar-refractivity contribution < 1.29 is 4.74 Å². The Morgan fingerprint density at radius 3 is 2.79 bits per heavy atom. The number of aromatic nitrogens is 4. The number of hydrogen-bond donors (Lipinski definition) is 0. The van der Waals surface area contributed by atoms with E-state index in [2.05, 4.69) is 44.9 Å². The fraction of sp³-hybridized carbons (Fsp3) is 0.278. The first-order valence-corrected chi connectivity index (χ1v) is 8.81. The van der Waals surface area contributed by atoms with Crippen LogP contribution in [0.1, 0.15) is 18.1 Å². The maximum Gasteiger partial charge on any atom is 0.191 e. The van der Waals surface area contributed by atoms with Crippen molar-refractivity contribution >= 4 is 11.8 Å². The maximum atomic E-state index is 5.40. The van der Waals surface area contributed by atoms with Crippen molar-refractivity contribution in [2.24, 2.45) is 0 Å². The summed E-state index contributed by atoms with van der Waals surface area (Å²) in [7, 11) is 1.70. The van der Waals surface area contributed by atoms with Crippen LogP contribution in [0.25, 0.3) is 11.4 Å². The van der Waals surface area contributed by atoms with E-state index in [1.165, 1.54) is 5.56 Å². The highest BCUT2D eigenvalue weighted by Gasteiger charge is 2.13. The number of methoxy groups -OCH3 is 1. The minimum absolute atomic E-state index is 0.816. The molecule has 0 radical (unpaired) electrons. The first-order chi connectivity index (χ1) is 11.7. The van der Waals surface area contributed by atoms with Crippen molar-refractivity contribution in [3.8, 4) is 17.1 Å². The van der Waals surface area contributed by atoms with Crippen LogP contribution in [0.15, 0.2) is 47.9 Å².